The molecule has 0 aromatic carbocycles. The van der Waals surface area contributed by atoms with Crippen molar-refractivity contribution in [2.24, 2.45) is 0 Å². The molecule has 0 heterocycles. The molecule has 0 saturated heterocycles. The van der Waals surface area contributed by atoms with Gasteiger partial charge in [-0.2, -0.15) is 0 Å². The molecule has 84 valence electrons. The van der Waals surface area contributed by atoms with E-state index in [0.29, 0.717) is 6.42 Å². The zero-order valence-electron chi connectivity index (χ0n) is 8.69. The van der Waals surface area contributed by atoms with Gasteiger partial charge in [0, 0.05) is 12.0 Å². The Morgan fingerprint density at radius 2 is 2.07 bits per heavy atom. The first-order chi connectivity index (χ1) is 6.33. The summed E-state index contributed by atoms with van der Waals surface area (Å²) in [4.78, 5) is 0. The highest BCUT2D eigenvalue weighted by atomic mass is 32.2. The minimum atomic E-state index is -3.18. The van der Waals surface area contributed by atoms with E-state index in [1.165, 1.54) is 0 Å². The summed E-state index contributed by atoms with van der Waals surface area (Å²) in [6, 6.07) is 0. The van der Waals surface area contributed by atoms with Crippen LogP contribution in [-0.4, -0.2) is 38.1 Å². The quantitative estimate of drug-likeness (QED) is 0.689. The molecule has 0 aliphatic heterocycles. The van der Waals surface area contributed by atoms with Crippen molar-refractivity contribution < 1.29 is 18.3 Å². The van der Waals surface area contributed by atoms with Crippen LogP contribution in [0.15, 0.2) is 12.0 Å². The van der Waals surface area contributed by atoms with Gasteiger partial charge in [-0.05, 0) is 20.3 Å². The highest BCUT2D eigenvalue weighted by Crippen LogP contribution is 2.13. The van der Waals surface area contributed by atoms with Crippen LogP contribution < -0.4 is 0 Å². The van der Waals surface area contributed by atoms with E-state index < -0.39 is 15.4 Å². The zero-order chi connectivity index (χ0) is 11.2. The van der Waals surface area contributed by atoms with Crippen LogP contribution in [0.4, 0.5) is 0 Å². The molecule has 0 fully saturated rings. The Labute approximate surface area is 85.5 Å². The van der Waals surface area contributed by atoms with Gasteiger partial charge in [-0.3, -0.25) is 0 Å². The van der Waals surface area contributed by atoms with E-state index in [0.717, 1.165) is 5.41 Å². The van der Waals surface area contributed by atoms with E-state index in [1.54, 1.807) is 0 Å². The van der Waals surface area contributed by atoms with Gasteiger partial charge in [-0.15, -0.1) is 0 Å². The van der Waals surface area contributed by atoms with Crippen LogP contribution in [0, 0.1) is 0 Å². The van der Waals surface area contributed by atoms with Gasteiger partial charge in [0.15, 0.2) is 9.84 Å². The molecule has 1 N–H and O–H groups in total. The molecular formula is C9H18O4S. The van der Waals surface area contributed by atoms with Gasteiger partial charge < -0.3 is 9.84 Å². The second kappa shape index (κ2) is 5.48. The molecule has 0 amide bonds. The molecule has 0 unspecified atom stereocenters. The summed E-state index contributed by atoms with van der Waals surface area (Å²) in [6.45, 7) is 6.97. The van der Waals surface area contributed by atoms with Crippen LogP contribution in [0.1, 0.15) is 20.3 Å². The van der Waals surface area contributed by atoms with Crippen LogP contribution in [-0.2, 0) is 14.6 Å². The van der Waals surface area contributed by atoms with E-state index in [9.17, 15) is 8.42 Å². The standard InChI is InChI=1S/C9H18O4S/c1-4-14(11,12)8-7-13-9(2,3)5-6-10/h4,10H,1,5-8H2,2-3H3. The summed E-state index contributed by atoms with van der Waals surface area (Å²) < 4.78 is 27.3. The van der Waals surface area contributed by atoms with Crippen molar-refractivity contribution in [3.8, 4) is 0 Å². The Kier molecular flexibility index (Phi) is 5.33. The van der Waals surface area contributed by atoms with Crippen molar-refractivity contribution in [1.82, 2.24) is 0 Å². The average molecular weight is 222 g/mol. The van der Waals surface area contributed by atoms with E-state index in [1.807, 2.05) is 13.8 Å². The fourth-order valence-corrected chi connectivity index (χ4v) is 1.34. The van der Waals surface area contributed by atoms with Crippen molar-refractivity contribution in [2.75, 3.05) is 19.0 Å². The number of aliphatic hydroxyl groups excluding tert-OH is 1. The number of hydrogen-bond donors (Lipinski definition) is 1. The number of sulfone groups is 1. The Morgan fingerprint density at radius 3 is 2.50 bits per heavy atom. The molecule has 0 aromatic heterocycles. The predicted molar refractivity (Wildman–Crippen MR) is 55.7 cm³/mol. The smallest absolute Gasteiger partial charge is 0.173 e. The number of rotatable bonds is 7. The predicted octanol–water partition coefficient (Wildman–Crippen LogP) is 0.722. The second-order valence-electron chi connectivity index (χ2n) is 3.62. The number of hydrogen-bond acceptors (Lipinski definition) is 4. The maximum atomic E-state index is 11.0. The summed E-state index contributed by atoms with van der Waals surface area (Å²) in [5.74, 6) is -0.0641. The molecule has 4 nitrogen and oxygen atoms in total. The van der Waals surface area contributed by atoms with Crippen molar-refractivity contribution in [2.45, 2.75) is 25.9 Å². The van der Waals surface area contributed by atoms with Gasteiger partial charge >= 0.3 is 0 Å². The third kappa shape index (κ3) is 6.12. The third-order valence-electron chi connectivity index (χ3n) is 1.83. The minimum Gasteiger partial charge on any atom is -0.396 e. The van der Waals surface area contributed by atoms with Crippen LogP contribution in [0.2, 0.25) is 0 Å². The topological polar surface area (TPSA) is 63.6 Å². The molecule has 0 aromatic rings. The fraction of sp³-hybridized carbons (Fsp3) is 0.778. The Hall–Kier alpha value is -0.390. The molecule has 0 radical (unpaired) electrons. The third-order valence-corrected chi connectivity index (χ3v) is 3.07. The molecule has 5 heteroatoms. The molecule has 14 heavy (non-hydrogen) atoms. The SMILES string of the molecule is C=CS(=O)(=O)CCOC(C)(C)CCO. The molecule has 0 rings (SSSR count). The van der Waals surface area contributed by atoms with Gasteiger partial charge in [0.25, 0.3) is 0 Å². The summed E-state index contributed by atoms with van der Waals surface area (Å²) >= 11 is 0. The lowest BCUT2D eigenvalue weighted by Crippen LogP contribution is -2.28. The molecule has 0 spiro atoms. The van der Waals surface area contributed by atoms with Gasteiger partial charge in [-0.1, -0.05) is 6.58 Å². The Balaban J connectivity index is 3.90. The van der Waals surface area contributed by atoms with E-state index >= 15 is 0 Å². The molecular weight excluding hydrogens is 204 g/mol. The van der Waals surface area contributed by atoms with E-state index in [-0.39, 0.29) is 19.0 Å². The summed E-state index contributed by atoms with van der Waals surface area (Å²) in [5, 5.41) is 9.62. The lowest BCUT2D eigenvalue weighted by atomic mass is 10.1. The lowest BCUT2D eigenvalue weighted by Gasteiger charge is -2.23. The van der Waals surface area contributed by atoms with Gasteiger partial charge in [-0.25, -0.2) is 8.42 Å². The molecule has 0 bridgehead atoms. The average Bonchev–Trinajstić information content (AvgIpc) is 2.03. The number of aliphatic hydroxyl groups is 1. The summed E-state index contributed by atoms with van der Waals surface area (Å²) in [6.07, 6.45) is 0.487. The maximum Gasteiger partial charge on any atom is 0.173 e. The first kappa shape index (κ1) is 13.6. The van der Waals surface area contributed by atoms with Crippen molar-refractivity contribution >= 4 is 9.84 Å². The van der Waals surface area contributed by atoms with E-state index in [4.69, 9.17) is 9.84 Å². The molecule has 0 saturated carbocycles. The first-order valence-corrected chi connectivity index (χ1v) is 6.14. The van der Waals surface area contributed by atoms with Crippen molar-refractivity contribution in [3.05, 3.63) is 12.0 Å². The van der Waals surface area contributed by atoms with Crippen LogP contribution >= 0.6 is 0 Å². The normalized spacial score (nSPS) is 12.8. The van der Waals surface area contributed by atoms with Gasteiger partial charge in [0.1, 0.15) is 0 Å². The van der Waals surface area contributed by atoms with Gasteiger partial charge in [0.2, 0.25) is 0 Å². The maximum absolute atomic E-state index is 11.0. The molecule has 0 atom stereocenters. The summed E-state index contributed by atoms with van der Waals surface area (Å²) in [5.41, 5.74) is -0.481. The first-order valence-electron chi connectivity index (χ1n) is 4.43. The largest absolute Gasteiger partial charge is 0.396 e. The lowest BCUT2D eigenvalue weighted by molar-refractivity contribution is -0.0248. The van der Waals surface area contributed by atoms with Crippen LogP contribution in [0.3, 0.4) is 0 Å². The van der Waals surface area contributed by atoms with Gasteiger partial charge in [0.05, 0.1) is 18.0 Å². The molecule has 0 aliphatic rings. The highest BCUT2D eigenvalue weighted by molar-refractivity contribution is 7.94. The van der Waals surface area contributed by atoms with E-state index in [2.05, 4.69) is 6.58 Å². The number of ether oxygens (including phenoxy) is 1. The van der Waals surface area contributed by atoms with Crippen molar-refractivity contribution in [1.29, 1.82) is 0 Å². The highest BCUT2D eigenvalue weighted by Gasteiger charge is 2.18. The monoisotopic (exact) mass is 222 g/mol. The molecule has 0 aliphatic carbocycles. The zero-order valence-corrected chi connectivity index (χ0v) is 9.51. The van der Waals surface area contributed by atoms with Crippen LogP contribution in [0.5, 0.6) is 0 Å². The fourth-order valence-electron chi connectivity index (χ4n) is 0.859. The Morgan fingerprint density at radius 1 is 1.50 bits per heavy atom. The summed E-state index contributed by atoms with van der Waals surface area (Å²) in [7, 11) is -3.18. The second-order valence-corrected chi connectivity index (χ2v) is 5.68. The van der Waals surface area contributed by atoms with Crippen LogP contribution in [0.25, 0.3) is 0 Å². The minimum absolute atomic E-state index is 0.0290. The Bertz CT molecular complexity index is 267. The van der Waals surface area contributed by atoms with Crippen molar-refractivity contribution in [3.63, 3.8) is 0 Å².